The number of aliphatic hydroxyl groups excluding tert-OH is 2. The quantitative estimate of drug-likeness (QED) is 0.0589. The number of methoxy groups -OCH3 is 2. The maximum absolute atomic E-state index is 13.2. The number of unbranched alkanes of at least 4 members (excludes halogenated alkanes) is 2. The predicted molar refractivity (Wildman–Crippen MR) is 204 cm³/mol. The number of alkyl halides is 2. The number of aromatic nitrogens is 6. The van der Waals surface area contributed by atoms with Crippen LogP contribution in [-0.4, -0.2) is 92.0 Å². The van der Waals surface area contributed by atoms with E-state index < -0.39 is 37.6 Å². The van der Waals surface area contributed by atoms with E-state index in [4.69, 9.17) is 15.2 Å². The first-order valence-electron chi connectivity index (χ1n) is 17.7. The van der Waals surface area contributed by atoms with Crippen LogP contribution < -0.4 is 31.2 Å². The van der Waals surface area contributed by atoms with E-state index in [9.17, 15) is 19.0 Å². The molecule has 1 aromatic carbocycles. The molecule has 0 amide bonds. The van der Waals surface area contributed by atoms with Gasteiger partial charge in [0, 0.05) is 30.6 Å². The molecule has 0 aliphatic rings. The SMILES string of the molecule is CCCC[C@@H](Nc1nc(N)nc2cccnc12)C(O)CF.CCCC[C@@H](Nc1nc(NCc2ccc(OC)cc2OC)nc2cccnc12)C(O)CF. The van der Waals surface area contributed by atoms with Gasteiger partial charge in [-0.3, -0.25) is 9.97 Å². The van der Waals surface area contributed by atoms with E-state index in [1.165, 1.54) is 0 Å². The molecule has 5 rings (SSSR count). The summed E-state index contributed by atoms with van der Waals surface area (Å²) in [5, 5.41) is 29.5. The topological polar surface area (TPSA) is 198 Å². The highest BCUT2D eigenvalue weighted by Crippen LogP contribution is 2.27. The fourth-order valence-electron chi connectivity index (χ4n) is 5.54. The number of nitrogens with zero attached hydrogens (tertiary/aromatic N) is 6. The summed E-state index contributed by atoms with van der Waals surface area (Å²) >= 11 is 0. The fourth-order valence-corrected chi connectivity index (χ4v) is 5.54. The van der Waals surface area contributed by atoms with Crippen LogP contribution in [0, 0.1) is 0 Å². The molecule has 286 valence electrons. The van der Waals surface area contributed by atoms with Gasteiger partial charge in [0.15, 0.2) is 11.6 Å². The number of fused-ring (bicyclic) bond motifs is 2. The van der Waals surface area contributed by atoms with E-state index in [1.807, 2.05) is 31.2 Å². The summed E-state index contributed by atoms with van der Waals surface area (Å²) in [4.78, 5) is 25.9. The molecule has 0 aliphatic carbocycles. The number of rotatable bonds is 19. The number of nitrogens with two attached hydrogens (primary N) is 1. The molecule has 0 fully saturated rings. The Hall–Kier alpha value is -5.22. The number of anilines is 4. The zero-order valence-electron chi connectivity index (χ0n) is 30.6. The summed E-state index contributed by atoms with van der Waals surface area (Å²) < 4.78 is 36.7. The molecule has 2 unspecified atom stereocenters. The first-order valence-corrected chi connectivity index (χ1v) is 17.7. The number of nitrogen functional groups attached to an aromatic ring is 1. The Labute approximate surface area is 308 Å². The summed E-state index contributed by atoms with van der Waals surface area (Å²) in [5.74, 6) is 2.76. The normalized spacial score (nSPS) is 13.4. The minimum atomic E-state index is -1.13. The van der Waals surface area contributed by atoms with E-state index in [0.717, 1.165) is 31.2 Å². The van der Waals surface area contributed by atoms with Crippen LogP contribution in [-0.2, 0) is 6.54 Å². The van der Waals surface area contributed by atoms with Crippen molar-refractivity contribution in [3.8, 4) is 11.5 Å². The summed E-state index contributed by atoms with van der Waals surface area (Å²) in [7, 11) is 3.21. The van der Waals surface area contributed by atoms with Gasteiger partial charge in [-0.15, -0.1) is 0 Å². The summed E-state index contributed by atoms with van der Waals surface area (Å²) in [6.45, 7) is 2.87. The highest BCUT2D eigenvalue weighted by Gasteiger charge is 2.22. The maximum Gasteiger partial charge on any atom is 0.225 e. The van der Waals surface area contributed by atoms with Crippen LogP contribution in [0.5, 0.6) is 11.5 Å². The zero-order valence-corrected chi connectivity index (χ0v) is 30.6. The molecule has 53 heavy (non-hydrogen) atoms. The number of hydrogen-bond acceptors (Lipinski definition) is 14. The number of halogens is 2. The molecule has 5 aromatic rings. The molecule has 0 aliphatic heterocycles. The Morgan fingerprint density at radius 1 is 0.755 bits per heavy atom. The molecule has 4 heterocycles. The Balaban J connectivity index is 0.000000258. The van der Waals surface area contributed by atoms with E-state index in [-0.39, 0.29) is 5.95 Å². The molecule has 0 bridgehead atoms. The molecule has 7 N–H and O–H groups in total. The number of ether oxygens (including phenoxy) is 2. The minimum Gasteiger partial charge on any atom is -0.497 e. The number of benzene rings is 1. The number of nitrogens with one attached hydrogen (secondary N) is 3. The van der Waals surface area contributed by atoms with Gasteiger partial charge in [-0.2, -0.15) is 9.97 Å². The molecule has 0 saturated carbocycles. The lowest BCUT2D eigenvalue weighted by atomic mass is 10.0. The number of hydrogen-bond donors (Lipinski definition) is 6. The van der Waals surface area contributed by atoms with Gasteiger partial charge < -0.3 is 41.4 Å². The summed E-state index contributed by atoms with van der Waals surface area (Å²) in [6, 6.07) is 11.8. The highest BCUT2D eigenvalue weighted by molar-refractivity contribution is 5.87. The van der Waals surface area contributed by atoms with Crippen molar-refractivity contribution in [1.29, 1.82) is 0 Å². The average Bonchev–Trinajstić information content (AvgIpc) is 3.19. The van der Waals surface area contributed by atoms with Crippen molar-refractivity contribution in [2.24, 2.45) is 0 Å². The molecule has 4 atom stereocenters. The van der Waals surface area contributed by atoms with Gasteiger partial charge in [-0.25, -0.2) is 18.7 Å². The van der Waals surface area contributed by atoms with Crippen molar-refractivity contribution in [3.05, 3.63) is 60.4 Å². The first kappa shape index (κ1) is 40.5. The monoisotopic (exact) mass is 736 g/mol. The van der Waals surface area contributed by atoms with E-state index in [0.29, 0.717) is 70.5 Å². The molecule has 0 spiro atoms. The molecule has 0 radical (unpaired) electrons. The van der Waals surface area contributed by atoms with E-state index in [2.05, 4.69) is 52.8 Å². The van der Waals surface area contributed by atoms with Gasteiger partial charge in [0.2, 0.25) is 11.9 Å². The average molecular weight is 737 g/mol. The first-order chi connectivity index (χ1) is 25.7. The van der Waals surface area contributed by atoms with Crippen LogP contribution in [0.25, 0.3) is 22.1 Å². The van der Waals surface area contributed by atoms with E-state index in [1.54, 1.807) is 44.8 Å². The second kappa shape index (κ2) is 20.7. The van der Waals surface area contributed by atoms with Gasteiger partial charge in [-0.05, 0) is 49.2 Å². The van der Waals surface area contributed by atoms with Crippen molar-refractivity contribution in [2.75, 3.05) is 49.3 Å². The number of aliphatic hydroxyl groups is 2. The third-order valence-corrected chi connectivity index (χ3v) is 8.48. The third kappa shape index (κ3) is 11.4. The lowest BCUT2D eigenvalue weighted by Gasteiger charge is -2.23. The van der Waals surface area contributed by atoms with Crippen molar-refractivity contribution in [2.45, 2.75) is 83.2 Å². The Morgan fingerprint density at radius 2 is 1.32 bits per heavy atom. The van der Waals surface area contributed by atoms with Gasteiger partial charge in [-0.1, -0.05) is 39.5 Å². The van der Waals surface area contributed by atoms with Crippen LogP contribution in [0.3, 0.4) is 0 Å². The predicted octanol–water partition coefficient (Wildman–Crippen LogP) is 5.86. The molecular weight excluding hydrogens is 686 g/mol. The molecule has 14 nitrogen and oxygen atoms in total. The van der Waals surface area contributed by atoms with Gasteiger partial charge in [0.25, 0.3) is 0 Å². The Morgan fingerprint density at radius 3 is 1.85 bits per heavy atom. The van der Waals surface area contributed by atoms with Crippen LogP contribution >= 0.6 is 0 Å². The van der Waals surface area contributed by atoms with Crippen LogP contribution in [0.4, 0.5) is 32.3 Å². The minimum absolute atomic E-state index is 0.113. The molecule has 4 aromatic heterocycles. The Kier molecular flexibility index (Phi) is 15.9. The second-order valence-corrected chi connectivity index (χ2v) is 12.3. The standard InChI is InChI=1S/C23H30FN5O3.C14H20FN5O/c1-4-5-7-17(19(30)13-24)27-22-21-18(8-6-11-25-21)28-23(29-22)26-14-15-9-10-16(31-2)12-20(15)32-3;1-2-3-5-9(11(21)8-15)18-13-12-10(6-4-7-17-12)19-14(16)20-13/h6,8-12,17,19,30H,4-5,7,13-14H2,1-3H3,(H2,26,27,28,29);4,6-7,9,11,21H,2-3,5,8H2,1H3,(H3,16,18,19,20)/t17-,19?;9-,11?/m11/s1. The van der Waals surface area contributed by atoms with Crippen molar-refractivity contribution < 1.29 is 28.5 Å². The van der Waals surface area contributed by atoms with Gasteiger partial charge >= 0.3 is 0 Å². The van der Waals surface area contributed by atoms with Crippen molar-refractivity contribution in [3.63, 3.8) is 0 Å². The largest absolute Gasteiger partial charge is 0.497 e. The van der Waals surface area contributed by atoms with Crippen LogP contribution in [0.1, 0.15) is 57.9 Å². The van der Waals surface area contributed by atoms with Crippen LogP contribution in [0.2, 0.25) is 0 Å². The molecular formula is C37H50F2N10O4. The lowest BCUT2D eigenvalue weighted by molar-refractivity contribution is 0.116. The smallest absolute Gasteiger partial charge is 0.225 e. The summed E-state index contributed by atoms with van der Waals surface area (Å²) in [5.41, 5.74) is 8.95. The zero-order chi connectivity index (χ0) is 38.2. The molecule has 16 heteroatoms. The number of pyridine rings is 2. The molecule has 0 saturated heterocycles. The van der Waals surface area contributed by atoms with Gasteiger partial charge in [0.05, 0.1) is 37.3 Å². The third-order valence-electron chi connectivity index (χ3n) is 8.48. The van der Waals surface area contributed by atoms with Crippen LogP contribution in [0.15, 0.2) is 54.9 Å². The van der Waals surface area contributed by atoms with Crippen molar-refractivity contribution >= 4 is 45.6 Å². The lowest BCUT2D eigenvalue weighted by Crippen LogP contribution is -2.35. The second-order valence-electron chi connectivity index (χ2n) is 12.3. The van der Waals surface area contributed by atoms with E-state index >= 15 is 0 Å². The van der Waals surface area contributed by atoms with Gasteiger partial charge in [0.1, 0.15) is 48.1 Å². The highest BCUT2D eigenvalue weighted by atomic mass is 19.1. The summed E-state index contributed by atoms with van der Waals surface area (Å²) in [6.07, 6.45) is 5.94. The Bertz CT molecular complexity index is 1870. The fraction of sp³-hybridized carbons (Fsp3) is 0.459. The van der Waals surface area contributed by atoms with Crippen molar-refractivity contribution in [1.82, 2.24) is 29.9 Å². The maximum atomic E-state index is 13.2.